The normalized spacial score (nSPS) is 16.7. The van der Waals surface area contributed by atoms with Crippen LogP contribution in [0.2, 0.25) is 0 Å². The molecule has 4 heterocycles. The number of pyridine rings is 2. The van der Waals surface area contributed by atoms with Gasteiger partial charge < -0.3 is 14.6 Å². The molecule has 2 aromatic carbocycles. The lowest BCUT2D eigenvalue weighted by Gasteiger charge is -2.30. The number of nitriles is 1. The summed E-state index contributed by atoms with van der Waals surface area (Å²) in [7, 11) is 1.85. The average Bonchev–Trinajstić information content (AvgIpc) is 3.26. The molecule has 6 rings (SSSR count). The summed E-state index contributed by atoms with van der Waals surface area (Å²) in [6.07, 6.45) is 1.73. The van der Waals surface area contributed by atoms with Gasteiger partial charge in [0.1, 0.15) is 11.2 Å². The van der Waals surface area contributed by atoms with E-state index in [1.807, 2.05) is 55.8 Å². The van der Waals surface area contributed by atoms with Gasteiger partial charge in [-0.25, -0.2) is 9.37 Å². The predicted octanol–water partition coefficient (Wildman–Crippen LogP) is 5.48. The lowest BCUT2D eigenvalue weighted by atomic mass is 9.79. The Morgan fingerprint density at radius 3 is 2.87 bits per heavy atom. The van der Waals surface area contributed by atoms with Crippen molar-refractivity contribution < 1.29 is 13.9 Å². The highest BCUT2D eigenvalue weighted by molar-refractivity contribution is 5.97. The first-order valence-electron chi connectivity index (χ1n) is 12.7. The predicted molar refractivity (Wildman–Crippen MR) is 146 cm³/mol. The molecule has 0 radical (unpaired) electrons. The van der Waals surface area contributed by atoms with Gasteiger partial charge in [-0.1, -0.05) is 6.07 Å². The molecule has 7 nitrogen and oxygen atoms in total. The number of aryl methyl sites for hydroxylation is 2. The van der Waals surface area contributed by atoms with Crippen LogP contribution in [0.3, 0.4) is 0 Å². The van der Waals surface area contributed by atoms with Gasteiger partial charge in [0, 0.05) is 40.8 Å². The van der Waals surface area contributed by atoms with Gasteiger partial charge in [-0.15, -0.1) is 0 Å². The molecule has 1 aliphatic rings. The smallest absolute Gasteiger partial charge is 0.251 e. The van der Waals surface area contributed by atoms with Crippen molar-refractivity contribution in [1.82, 2.24) is 19.9 Å². The Bertz CT molecular complexity index is 1840. The lowest BCUT2D eigenvalue weighted by Crippen LogP contribution is -2.33. The molecule has 39 heavy (non-hydrogen) atoms. The number of hydrogen-bond donors (Lipinski definition) is 1. The second-order valence-corrected chi connectivity index (χ2v) is 10.3. The molecule has 0 saturated carbocycles. The largest absolute Gasteiger partial charge is 0.375 e. The van der Waals surface area contributed by atoms with Crippen LogP contribution in [0.15, 0.2) is 60.8 Å². The molecule has 1 N–H and O–H groups in total. The van der Waals surface area contributed by atoms with Crippen LogP contribution in [0.4, 0.5) is 4.39 Å². The van der Waals surface area contributed by atoms with Crippen LogP contribution < -0.4 is 5.32 Å². The molecule has 0 aliphatic carbocycles. The summed E-state index contributed by atoms with van der Waals surface area (Å²) in [5, 5.41) is 14.3. The maximum atomic E-state index is 14.6. The fraction of sp³-hybridized carbons (Fsp3) is 0.226. The van der Waals surface area contributed by atoms with Crippen molar-refractivity contribution >= 4 is 27.7 Å². The number of carbonyl (C=O) groups excluding carboxylic acids is 1. The number of carbonyl (C=O) groups is 1. The second kappa shape index (κ2) is 9.29. The van der Waals surface area contributed by atoms with Gasteiger partial charge in [0.25, 0.3) is 5.91 Å². The number of ether oxygens (including phenoxy) is 1. The van der Waals surface area contributed by atoms with E-state index in [9.17, 15) is 14.4 Å². The average molecular weight is 520 g/mol. The first kappa shape index (κ1) is 24.7. The van der Waals surface area contributed by atoms with E-state index in [0.717, 1.165) is 44.4 Å². The highest BCUT2D eigenvalue weighted by atomic mass is 19.1. The van der Waals surface area contributed by atoms with Crippen molar-refractivity contribution in [3.05, 3.63) is 94.7 Å². The molecule has 3 aromatic heterocycles. The Morgan fingerprint density at radius 1 is 1.21 bits per heavy atom. The van der Waals surface area contributed by atoms with Crippen molar-refractivity contribution in [2.45, 2.75) is 32.4 Å². The topological polar surface area (TPSA) is 92.8 Å². The fourth-order valence-electron chi connectivity index (χ4n) is 5.24. The molecule has 0 fully saturated rings. The number of aromatic nitrogens is 3. The summed E-state index contributed by atoms with van der Waals surface area (Å²) in [5.74, 6) is -0.516. The van der Waals surface area contributed by atoms with Crippen LogP contribution in [0.5, 0.6) is 0 Å². The molecule has 1 atom stereocenters. The van der Waals surface area contributed by atoms with Gasteiger partial charge in [0.15, 0.2) is 0 Å². The summed E-state index contributed by atoms with van der Waals surface area (Å²) in [4.78, 5) is 22.3. The highest BCUT2D eigenvalue weighted by Gasteiger charge is 2.33. The number of rotatable bonds is 4. The van der Waals surface area contributed by atoms with Gasteiger partial charge in [-0.2, -0.15) is 5.26 Å². The Labute approximate surface area is 224 Å². The minimum Gasteiger partial charge on any atom is -0.375 e. The van der Waals surface area contributed by atoms with Gasteiger partial charge >= 0.3 is 0 Å². The zero-order chi connectivity index (χ0) is 27.3. The van der Waals surface area contributed by atoms with Gasteiger partial charge in [0.2, 0.25) is 0 Å². The molecule has 0 spiro atoms. The van der Waals surface area contributed by atoms with Crippen LogP contribution in [0, 0.1) is 24.1 Å². The summed E-state index contributed by atoms with van der Waals surface area (Å²) >= 11 is 0. The van der Waals surface area contributed by atoms with Crippen LogP contribution in [-0.4, -0.2) is 27.0 Å². The molecule has 1 aliphatic heterocycles. The molecule has 5 aromatic rings. The summed E-state index contributed by atoms with van der Waals surface area (Å²) in [5.41, 5.74) is 5.93. The summed E-state index contributed by atoms with van der Waals surface area (Å²) < 4.78 is 22.0. The first-order valence-corrected chi connectivity index (χ1v) is 12.7. The molecule has 0 saturated heterocycles. The van der Waals surface area contributed by atoms with Crippen LogP contribution in [0.1, 0.15) is 39.8 Å². The maximum absolute atomic E-state index is 14.6. The Hall–Kier alpha value is -4.61. The molecule has 0 unspecified atom stereocenters. The monoisotopic (exact) mass is 519 g/mol. The molecular formula is C31H26FN5O2. The van der Waals surface area contributed by atoms with E-state index in [4.69, 9.17) is 9.72 Å². The van der Waals surface area contributed by atoms with Crippen LogP contribution in [-0.2, 0) is 30.4 Å². The van der Waals surface area contributed by atoms with Crippen molar-refractivity contribution in [3.8, 4) is 17.3 Å². The molecule has 194 valence electrons. The number of hydrogen-bond acceptors (Lipinski definition) is 5. The zero-order valence-electron chi connectivity index (χ0n) is 21.9. The minimum atomic E-state index is -0.790. The third kappa shape index (κ3) is 4.21. The number of amides is 1. The van der Waals surface area contributed by atoms with Crippen LogP contribution >= 0.6 is 0 Å². The third-order valence-corrected chi connectivity index (χ3v) is 7.58. The Balaban J connectivity index is 1.26. The minimum absolute atomic E-state index is 0.217. The molecule has 8 heteroatoms. The Morgan fingerprint density at radius 2 is 2.05 bits per heavy atom. The third-order valence-electron chi connectivity index (χ3n) is 7.58. The van der Waals surface area contributed by atoms with Crippen LogP contribution in [0.25, 0.3) is 33.1 Å². The van der Waals surface area contributed by atoms with Crippen molar-refractivity contribution in [3.63, 3.8) is 0 Å². The SMILES string of the molecule is Cc1cc2c(-c3ccc4cnc(CNC(=O)c5ccc6c(c5)[C@](C)(C#N)COC6)cc4n3)ccc(F)c2n1C. The van der Waals surface area contributed by atoms with E-state index in [0.29, 0.717) is 30.0 Å². The van der Waals surface area contributed by atoms with E-state index in [-0.39, 0.29) is 18.3 Å². The molecule has 0 bridgehead atoms. The number of benzene rings is 2. The van der Waals surface area contributed by atoms with Gasteiger partial charge in [0.05, 0.1) is 48.2 Å². The Kier molecular flexibility index (Phi) is 5.89. The number of nitrogens with zero attached hydrogens (tertiary/aromatic N) is 4. The maximum Gasteiger partial charge on any atom is 0.251 e. The van der Waals surface area contributed by atoms with E-state index >= 15 is 0 Å². The zero-order valence-corrected chi connectivity index (χ0v) is 21.9. The lowest BCUT2D eigenvalue weighted by molar-refractivity contribution is 0.0757. The van der Waals surface area contributed by atoms with Crippen molar-refractivity contribution in [2.75, 3.05) is 6.61 Å². The first-order chi connectivity index (χ1) is 18.8. The highest BCUT2D eigenvalue weighted by Crippen LogP contribution is 2.33. The van der Waals surface area contributed by atoms with E-state index in [2.05, 4.69) is 16.4 Å². The molecular weight excluding hydrogens is 493 g/mol. The summed E-state index contributed by atoms with van der Waals surface area (Å²) in [6, 6.07) is 18.6. The van der Waals surface area contributed by atoms with Crippen molar-refractivity contribution in [2.24, 2.45) is 7.05 Å². The van der Waals surface area contributed by atoms with Gasteiger partial charge in [-0.05, 0) is 73.5 Å². The number of nitrogens with one attached hydrogen (secondary N) is 1. The fourth-order valence-corrected chi connectivity index (χ4v) is 5.24. The quantitative estimate of drug-likeness (QED) is 0.340. The van der Waals surface area contributed by atoms with E-state index in [1.165, 1.54) is 6.07 Å². The van der Waals surface area contributed by atoms with Gasteiger partial charge in [-0.3, -0.25) is 9.78 Å². The van der Waals surface area contributed by atoms with Crippen molar-refractivity contribution in [1.29, 1.82) is 5.26 Å². The molecule has 1 amide bonds. The summed E-state index contributed by atoms with van der Waals surface area (Å²) in [6.45, 7) is 4.71. The van der Waals surface area contributed by atoms with E-state index in [1.54, 1.807) is 24.4 Å². The number of fused-ring (bicyclic) bond motifs is 3. The second-order valence-electron chi connectivity index (χ2n) is 10.3. The number of halogens is 1. The standard InChI is InChI=1S/C31H26FN5O2/c1-18-10-24-23(7-8-26(32)29(24)37(18)3)27-9-6-20-13-34-22(12-28(20)36-27)14-35-30(38)19-4-5-21-15-39-17-31(2,16-33)25(21)11-19/h4-13H,14-15,17H2,1-3H3,(H,35,38)/t31-/m1/s1. The van der Waals surface area contributed by atoms with E-state index < -0.39 is 5.41 Å².